The van der Waals surface area contributed by atoms with Crippen molar-refractivity contribution in [1.29, 1.82) is 0 Å². The van der Waals surface area contributed by atoms with E-state index in [1.807, 2.05) is 12.1 Å². The quantitative estimate of drug-likeness (QED) is 0.339. The van der Waals surface area contributed by atoms with Gasteiger partial charge in [0.1, 0.15) is 11.9 Å². The molecule has 12 heteroatoms. The molecule has 9 nitrogen and oxygen atoms in total. The molecule has 2 aliphatic heterocycles. The number of halogens is 2. The number of sulfonamides is 1. The number of methoxy groups -OCH3 is 1. The number of amides is 1. The Labute approximate surface area is 247 Å². The summed E-state index contributed by atoms with van der Waals surface area (Å²) < 4.78 is 52.9. The standard InChI is InChI=1S/C29H40ClFN4O5S/c1-39-19-24-18-32-17-23(35(24)41(2,37)38)10-11-25-26(31)4-3-5-27(25)34-28(16-20-6-8-21(30)9-7-20)29(36)33-22-12-14-40-15-13-22/h3-9,22-24,28,32,34H,10-19H2,1-2H3,(H,33,36)/t23-,24+,28-/m0/s1. The topological polar surface area (TPSA) is 109 Å². The van der Waals surface area contributed by atoms with Crippen LogP contribution in [0.5, 0.6) is 0 Å². The summed E-state index contributed by atoms with van der Waals surface area (Å²) in [5.41, 5.74) is 1.83. The van der Waals surface area contributed by atoms with Gasteiger partial charge in [0.15, 0.2) is 0 Å². The summed E-state index contributed by atoms with van der Waals surface area (Å²) in [7, 11) is -1.98. The van der Waals surface area contributed by atoms with Crippen LogP contribution in [0, 0.1) is 5.82 Å². The highest BCUT2D eigenvalue weighted by atomic mass is 35.5. The van der Waals surface area contributed by atoms with Crippen LogP contribution in [-0.2, 0) is 37.1 Å². The molecule has 226 valence electrons. The van der Waals surface area contributed by atoms with Crippen LogP contribution in [0.25, 0.3) is 0 Å². The van der Waals surface area contributed by atoms with E-state index in [-0.39, 0.29) is 37.1 Å². The van der Waals surface area contributed by atoms with Crippen molar-refractivity contribution in [3.63, 3.8) is 0 Å². The molecule has 3 atom stereocenters. The van der Waals surface area contributed by atoms with Gasteiger partial charge in [-0.1, -0.05) is 29.8 Å². The molecule has 2 fully saturated rings. The molecule has 41 heavy (non-hydrogen) atoms. The molecule has 2 saturated heterocycles. The molecular weight excluding hydrogens is 571 g/mol. The number of anilines is 1. The third-order valence-corrected chi connectivity index (χ3v) is 9.25. The molecule has 1 amide bonds. The highest BCUT2D eigenvalue weighted by Gasteiger charge is 2.37. The van der Waals surface area contributed by atoms with Crippen molar-refractivity contribution >= 4 is 33.2 Å². The van der Waals surface area contributed by atoms with E-state index in [0.29, 0.717) is 55.4 Å². The number of piperazine rings is 1. The Balaban J connectivity index is 1.54. The number of carbonyl (C=O) groups is 1. The Morgan fingerprint density at radius 3 is 2.56 bits per heavy atom. The molecule has 0 radical (unpaired) electrons. The van der Waals surface area contributed by atoms with Crippen molar-refractivity contribution in [3.05, 3.63) is 64.4 Å². The molecule has 2 heterocycles. The molecule has 0 unspecified atom stereocenters. The van der Waals surface area contributed by atoms with Crippen LogP contribution < -0.4 is 16.0 Å². The predicted octanol–water partition coefficient (Wildman–Crippen LogP) is 2.98. The van der Waals surface area contributed by atoms with Crippen LogP contribution in [0.15, 0.2) is 42.5 Å². The Hall–Kier alpha value is -2.28. The van der Waals surface area contributed by atoms with Gasteiger partial charge in [-0.2, -0.15) is 4.31 Å². The predicted molar refractivity (Wildman–Crippen MR) is 158 cm³/mol. The third kappa shape index (κ3) is 8.86. The van der Waals surface area contributed by atoms with Crippen LogP contribution in [0.2, 0.25) is 5.02 Å². The monoisotopic (exact) mass is 610 g/mol. The van der Waals surface area contributed by atoms with E-state index in [2.05, 4.69) is 16.0 Å². The van der Waals surface area contributed by atoms with E-state index in [1.54, 1.807) is 31.4 Å². The fraction of sp³-hybridized carbons (Fsp3) is 0.552. The largest absolute Gasteiger partial charge is 0.383 e. The average molecular weight is 611 g/mol. The van der Waals surface area contributed by atoms with Crippen LogP contribution >= 0.6 is 11.6 Å². The lowest BCUT2D eigenvalue weighted by atomic mass is 9.99. The van der Waals surface area contributed by atoms with Gasteiger partial charge in [0.25, 0.3) is 0 Å². The van der Waals surface area contributed by atoms with Crippen molar-refractivity contribution in [1.82, 2.24) is 14.9 Å². The maximum Gasteiger partial charge on any atom is 0.243 e. The summed E-state index contributed by atoms with van der Waals surface area (Å²) in [5, 5.41) is 10.3. The molecule has 2 aliphatic rings. The second-order valence-corrected chi connectivity index (χ2v) is 13.1. The van der Waals surface area contributed by atoms with Crippen LogP contribution in [-0.4, -0.2) is 89.1 Å². The third-order valence-electron chi connectivity index (χ3n) is 7.64. The fourth-order valence-corrected chi connectivity index (χ4v) is 7.17. The number of ether oxygens (including phenoxy) is 2. The van der Waals surface area contributed by atoms with E-state index in [0.717, 1.165) is 18.4 Å². The minimum Gasteiger partial charge on any atom is -0.383 e. The molecule has 2 aromatic carbocycles. The lowest BCUT2D eigenvalue weighted by Gasteiger charge is -2.40. The summed E-state index contributed by atoms with van der Waals surface area (Å²) >= 11 is 6.07. The zero-order valence-electron chi connectivity index (χ0n) is 23.6. The molecule has 0 bridgehead atoms. The van der Waals surface area contributed by atoms with Crippen molar-refractivity contribution in [3.8, 4) is 0 Å². The minimum absolute atomic E-state index is 0.0126. The smallest absolute Gasteiger partial charge is 0.243 e. The van der Waals surface area contributed by atoms with E-state index < -0.39 is 21.9 Å². The van der Waals surface area contributed by atoms with E-state index in [9.17, 15) is 13.2 Å². The summed E-state index contributed by atoms with van der Waals surface area (Å²) in [6.45, 7) is 2.40. The van der Waals surface area contributed by atoms with Crippen molar-refractivity contribution in [2.45, 2.75) is 56.3 Å². The average Bonchev–Trinajstić information content (AvgIpc) is 2.93. The van der Waals surface area contributed by atoms with Gasteiger partial charge >= 0.3 is 0 Å². The molecule has 0 spiro atoms. The normalized spacial score (nSPS) is 21.4. The van der Waals surface area contributed by atoms with Gasteiger partial charge < -0.3 is 25.4 Å². The molecule has 0 aliphatic carbocycles. The Kier molecular flexibility index (Phi) is 11.4. The maximum atomic E-state index is 15.3. The van der Waals surface area contributed by atoms with Gasteiger partial charge in [0, 0.05) is 68.2 Å². The first-order valence-corrected chi connectivity index (χ1v) is 16.2. The number of nitrogens with zero attached hydrogens (tertiary/aromatic N) is 1. The molecular formula is C29H40ClFN4O5S. The second kappa shape index (κ2) is 14.8. The SMILES string of the molecule is COC[C@H]1CNC[C@H](CCc2c(F)cccc2N[C@@H](Cc2ccc(Cl)cc2)C(=O)NC2CCOCC2)N1S(C)(=O)=O. The number of carbonyl (C=O) groups excluding carboxylic acids is 1. The zero-order chi connectivity index (χ0) is 29.4. The number of hydrogen-bond donors (Lipinski definition) is 3. The van der Waals surface area contributed by atoms with Crippen molar-refractivity contribution in [2.75, 3.05) is 51.6 Å². The molecule has 0 aromatic heterocycles. The number of rotatable bonds is 12. The first-order chi connectivity index (χ1) is 19.7. The number of hydrogen-bond acceptors (Lipinski definition) is 7. The van der Waals surface area contributed by atoms with Gasteiger partial charge in [0.2, 0.25) is 15.9 Å². The van der Waals surface area contributed by atoms with Gasteiger partial charge in [-0.15, -0.1) is 0 Å². The van der Waals surface area contributed by atoms with Gasteiger partial charge in [-0.25, -0.2) is 12.8 Å². The Morgan fingerprint density at radius 1 is 1.17 bits per heavy atom. The van der Waals surface area contributed by atoms with Gasteiger partial charge in [-0.3, -0.25) is 4.79 Å². The van der Waals surface area contributed by atoms with Crippen LogP contribution in [0.4, 0.5) is 10.1 Å². The molecule has 2 aromatic rings. The van der Waals surface area contributed by atoms with Gasteiger partial charge in [-0.05, 0) is 55.5 Å². The van der Waals surface area contributed by atoms with Crippen molar-refractivity contribution < 1.29 is 27.1 Å². The fourth-order valence-electron chi connectivity index (χ4n) is 5.65. The lowest BCUT2D eigenvalue weighted by molar-refractivity contribution is -0.123. The van der Waals surface area contributed by atoms with Crippen LogP contribution in [0.1, 0.15) is 30.4 Å². The minimum atomic E-state index is -3.52. The number of benzene rings is 2. The number of nitrogens with one attached hydrogen (secondary N) is 3. The van der Waals surface area contributed by atoms with Crippen LogP contribution in [0.3, 0.4) is 0 Å². The van der Waals surface area contributed by atoms with Crippen molar-refractivity contribution in [2.24, 2.45) is 0 Å². The first-order valence-electron chi connectivity index (χ1n) is 14.0. The summed E-state index contributed by atoms with van der Waals surface area (Å²) in [6, 6.07) is 10.7. The highest BCUT2D eigenvalue weighted by Crippen LogP contribution is 2.26. The zero-order valence-corrected chi connectivity index (χ0v) is 25.1. The summed E-state index contributed by atoms with van der Waals surface area (Å²) in [4.78, 5) is 13.5. The molecule has 0 saturated carbocycles. The Bertz CT molecular complexity index is 1260. The summed E-state index contributed by atoms with van der Waals surface area (Å²) in [5.74, 6) is -0.586. The second-order valence-electron chi connectivity index (χ2n) is 10.7. The first kappa shape index (κ1) is 31.7. The van der Waals surface area contributed by atoms with E-state index >= 15 is 4.39 Å². The Morgan fingerprint density at radius 2 is 1.88 bits per heavy atom. The maximum absolute atomic E-state index is 15.3. The molecule has 4 rings (SSSR count). The summed E-state index contributed by atoms with van der Waals surface area (Å²) in [6.07, 6.45) is 3.72. The van der Waals surface area contributed by atoms with E-state index in [1.165, 1.54) is 16.6 Å². The highest BCUT2D eigenvalue weighted by molar-refractivity contribution is 7.88. The molecule has 3 N–H and O–H groups in total. The van der Waals surface area contributed by atoms with E-state index in [4.69, 9.17) is 21.1 Å². The van der Waals surface area contributed by atoms with Gasteiger partial charge in [0.05, 0.1) is 18.9 Å². The lowest BCUT2D eigenvalue weighted by Crippen LogP contribution is -2.60.